The number of carbonyl (C=O) groups is 4. The number of carbonyl (C=O) groups excluding carboxylic acids is 4. The van der Waals surface area contributed by atoms with Crippen LogP contribution in [0.15, 0.2) is 36.7 Å². The summed E-state index contributed by atoms with van der Waals surface area (Å²) >= 11 is 0. The summed E-state index contributed by atoms with van der Waals surface area (Å²) in [5.41, 5.74) is -0.267. The molecule has 0 spiro atoms. The molecule has 0 bridgehead atoms. The zero-order valence-corrected chi connectivity index (χ0v) is 32.8. The minimum atomic E-state index is -0.978. The minimum Gasteiger partial charge on any atom is -0.444 e. The van der Waals surface area contributed by atoms with Crippen LogP contribution >= 0.6 is 0 Å². The van der Waals surface area contributed by atoms with E-state index >= 15 is 0 Å². The predicted octanol–water partition coefficient (Wildman–Crippen LogP) is 6.35. The predicted molar refractivity (Wildman–Crippen MR) is 199 cm³/mol. The molecule has 1 aliphatic carbocycles. The van der Waals surface area contributed by atoms with Crippen LogP contribution in [0, 0.1) is 17.8 Å². The van der Waals surface area contributed by atoms with E-state index in [0.29, 0.717) is 37.0 Å². The van der Waals surface area contributed by atoms with Crippen LogP contribution in [0.1, 0.15) is 67.9 Å². The summed E-state index contributed by atoms with van der Waals surface area (Å²) in [7, 11) is 5.21. The van der Waals surface area contributed by atoms with Crippen LogP contribution in [0.2, 0.25) is 0 Å². The molecule has 53 heavy (non-hydrogen) atoms. The van der Waals surface area contributed by atoms with Crippen molar-refractivity contribution in [2.75, 3.05) is 44.0 Å². The largest absolute Gasteiger partial charge is 0.444 e. The van der Waals surface area contributed by atoms with Crippen molar-refractivity contribution in [2.24, 2.45) is 17.8 Å². The molecule has 3 heterocycles. The molecule has 3 atom stereocenters. The van der Waals surface area contributed by atoms with Crippen molar-refractivity contribution in [3.05, 3.63) is 42.2 Å². The van der Waals surface area contributed by atoms with Gasteiger partial charge in [0.2, 0.25) is 5.91 Å². The fraction of sp³-hybridized carbons (Fsp3) is 0.553. The van der Waals surface area contributed by atoms with Crippen LogP contribution in [-0.2, 0) is 25.5 Å². The third kappa shape index (κ3) is 9.43. The van der Waals surface area contributed by atoms with E-state index < -0.39 is 35.1 Å². The van der Waals surface area contributed by atoms with Crippen molar-refractivity contribution in [1.29, 1.82) is 0 Å². The number of rotatable bonds is 7. The first-order valence-electron chi connectivity index (χ1n) is 17.7. The molecule has 1 N–H and O–H groups in total. The lowest BCUT2D eigenvalue weighted by Crippen LogP contribution is -2.44. The number of piperidine rings is 1. The van der Waals surface area contributed by atoms with Crippen LogP contribution in [0.3, 0.4) is 0 Å². The number of ether oxygens (including phenoxy) is 3. The summed E-state index contributed by atoms with van der Waals surface area (Å²) in [6.45, 7) is 17.2. The van der Waals surface area contributed by atoms with Crippen molar-refractivity contribution in [3.8, 4) is 22.8 Å². The quantitative estimate of drug-likeness (QED) is 0.270. The van der Waals surface area contributed by atoms with Crippen LogP contribution in [0.25, 0.3) is 22.8 Å². The highest BCUT2D eigenvalue weighted by atomic mass is 16.6. The molecule has 15 nitrogen and oxygen atoms in total. The summed E-state index contributed by atoms with van der Waals surface area (Å²) in [6.07, 6.45) is 0.699. The second kappa shape index (κ2) is 14.3. The topological polar surface area (TPSA) is 163 Å². The number of benzene rings is 1. The highest BCUT2D eigenvalue weighted by Gasteiger charge is 2.60. The van der Waals surface area contributed by atoms with Gasteiger partial charge in [-0.05, 0) is 79.7 Å². The summed E-state index contributed by atoms with van der Waals surface area (Å²) in [5.74, 6) is 1.45. The molecule has 5 rings (SSSR count). The number of hydrogen-bond donors (Lipinski definition) is 1. The normalized spacial score (nSPS) is 18.2. The van der Waals surface area contributed by atoms with Gasteiger partial charge in [0.15, 0.2) is 5.82 Å². The van der Waals surface area contributed by atoms with Gasteiger partial charge in [-0.1, -0.05) is 24.3 Å². The smallest absolute Gasteiger partial charge is 0.425 e. The van der Waals surface area contributed by atoms with Gasteiger partial charge in [0.1, 0.15) is 34.1 Å². The third-order valence-corrected chi connectivity index (χ3v) is 8.53. The van der Waals surface area contributed by atoms with E-state index in [1.54, 1.807) is 73.8 Å². The molecular formula is C38H52N8O7. The lowest BCUT2D eigenvalue weighted by atomic mass is 10.1. The molecule has 2 aliphatic rings. The highest BCUT2D eigenvalue weighted by molar-refractivity contribution is 6.10. The molecule has 1 aromatic carbocycles. The van der Waals surface area contributed by atoms with Gasteiger partial charge in [0.25, 0.3) is 0 Å². The Balaban J connectivity index is 1.48. The monoisotopic (exact) mass is 732 g/mol. The van der Waals surface area contributed by atoms with Crippen LogP contribution in [0.5, 0.6) is 0 Å². The van der Waals surface area contributed by atoms with Gasteiger partial charge in [0, 0.05) is 52.3 Å². The number of hydrogen-bond acceptors (Lipinski definition) is 11. The minimum absolute atomic E-state index is 0.0120. The van der Waals surface area contributed by atoms with Crippen LogP contribution < -0.4 is 9.80 Å². The lowest BCUT2D eigenvalue weighted by Gasteiger charge is -2.29. The summed E-state index contributed by atoms with van der Waals surface area (Å²) < 4.78 is 16.8. The highest BCUT2D eigenvalue weighted by Crippen LogP contribution is 2.53. The fourth-order valence-electron chi connectivity index (χ4n) is 6.15. The van der Waals surface area contributed by atoms with Gasteiger partial charge < -0.3 is 33.9 Å². The first-order chi connectivity index (χ1) is 24.5. The number of imide groups is 1. The first kappa shape index (κ1) is 39.0. The fourth-order valence-corrected chi connectivity index (χ4v) is 6.15. The van der Waals surface area contributed by atoms with E-state index in [9.17, 15) is 19.2 Å². The molecule has 286 valence electrons. The Morgan fingerprint density at radius 3 is 1.81 bits per heavy atom. The lowest BCUT2D eigenvalue weighted by molar-refractivity contribution is -0.130. The van der Waals surface area contributed by atoms with Gasteiger partial charge in [-0.15, -0.1) is 0 Å². The molecule has 1 saturated heterocycles. The maximum Gasteiger partial charge on any atom is 0.425 e. The average molecular weight is 733 g/mol. The summed E-state index contributed by atoms with van der Waals surface area (Å²) in [6, 6.07) is 7.53. The van der Waals surface area contributed by atoms with E-state index in [4.69, 9.17) is 19.2 Å². The number of amides is 4. The molecule has 2 fully saturated rings. The Morgan fingerprint density at radius 2 is 1.30 bits per heavy atom. The Labute approximate surface area is 311 Å². The molecule has 15 heteroatoms. The number of nitrogens with zero attached hydrogens (tertiary/aromatic N) is 7. The zero-order chi connectivity index (χ0) is 39.2. The molecule has 3 aromatic rings. The van der Waals surface area contributed by atoms with Crippen molar-refractivity contribution in [2.45, 2.75) is 85.7 Å². The Morgan fingerprint density at radius 1 is 0.774 bits per heavy atom. The Hall–Kier alpha value is -5.21. The maximum absolute atomic E-state index is 13.7. The van der Waals surface area contributed by atoms with E-state index in [1.165, 1.54) is 11.1 Å². The second-order valence-electron chi connectivity index (χ2n) is 16.9. The maximum atomic E-state index is 13.7. The van der Waals surface area contributed by atoms with Crippen molar-refractivity contribution in [1.82, 2.24) is 29.7 Å². The Bertz CT molecular complexity index is 1810. The number of H-pyrrole nitrogens is 1. The van der Waals surface area contributed by atoms with Gasteiger partial charge in [-0.3, -0.25) is 4.79 Å². The third-order valence-electron chi connectivity index (χ3n) is 8.53. The van der Waals surface area contributed by atoms with Gasteiger partial charge in [-0.25, -0.2) is 29.3 Å². The Kier molecular flexibility index (Phi) is 10.5. The number of nitrogens with one attached hydrogen (secondary N) is 1. The number of anilines is 2. The summed E-state index contributed by atoms with van der Waals surface area (Å²) in [5, 5.41) is 0. The number of imidazole rings is 1. The molecule has 1 aliphatic heterocycles. The molecule has 1 unspecified atom stereocenters. The number of aromatic amines is 1. The van der Waals surface area contributed by atoms with Gasteiger partial charge in [-0.2, -0.15) is 4.90 Å². The van der Waals surface area contributed by atoms with E-state index in [2.05, 4.69) is 19.9 Å². The van der Waals surface area contributed by atoms with Crippen molar-refractivity contribution >= 4 is 35.8 Å². The molecule has 0 radical (unpaired) electrons. The van der Waals surface area contributed by atoms with E-state index in [-0.39, 0.29) is 35.2 Å². The number of aromatic nitrogens is 4. The van der Waals surface area contributed by atoms with Crippen LogP contribution in [-0.4, -0.2) is 105 Å². The number of fused-ring (bicyclic) bond motifs is 1. The van der Waals surface area contributed by atoms with Crippen molar-refractivity contribution < 1.29 is 33.4 Å². The molecular weight excluding hydrogens is 680 g/mol. The first-order valence-corrected chi connectivity index (χ1v) is 17.7. The van der Waals surface area contributed by atoms with Crippen LogP contribution in [0.4, 0.5) is 26.0 Å². The molecule has 2 aromatic heterocycles. The SMILES string of the molecule is CN(C)C(=O)C1[C@H]2CN(c3cnc(N(C(=O)OC(C)(C)C)C(=O)OC(C)(C)C)c(-c4cnc(-c5ccc(CN(C)C(=O)OC(C)(C)C)cc5)[nH]4)n3)C[C@@H]12. The van der Waals surface area contributed by atoms with E-state index in [1.807, 2.05) is 45.0 Å². The average Bonchev–Trinajstić information content (AvgIpc) is 3.33. The zero-order valence-electron chi connectivity index (χ0n) is 32.8. The second-order valence-corrected chi connectivity index (χ2v) is 16.9. The van der Waals surface area contributed by atoms with Gasteiger partial charge in [0.05, 0.1) is 18.1 Å². The standard InChI is InChI=1S/C38H52N8O7/c1-36(2,3)51-33(48)44(12)19-22-13-15-23(16-14-22)30-39-17-26(41-30)29-31(46(34(49)52-37(4,5)6)35(50)53-38(7,8)9)40-18-27(42-29)45-20-24-25(21-45)28(24)32(47)43(10)11/h13-18,24-25,28H,19-21H2,1-12H3,(H,39,41)/t24-,25+,28?. The van der Waals surface area contributed by atoms with Crippen molar-refractivity contribution in [3.63, 3.8) is 0 Å². The van der Waals surface area contributed by atoms with E-state index in [0.717, 1.165) is 16.0 Å². The van der Waals surface area contributed by atoms with Gasteiger partial charge >= 0.3 is 18.3 Å². The molecule has 1 saturated carbocycles. The molecule has 4 amide bonds. The summed E-state index contributed by atoms with van der Waals surface area (Å²) in [4.78, 5) is 76.0.